The van der Waals surface area contributed by atoms with Crippen molar-refractivity contribution in [2.75, 3.05) is 20.6 Å². The zero-order valence-electron chi connectivity index (χ0n) is 12.9. The monoisotopic (exact) mass is 285 g/mol. The lowest BCUT2D eigenvalue weighted by molar-refractivity contribution is -0.126. The predicted octanol–water partition coefficient (Wildman–Crippen LogP) is 0.0170. The average molecular weight is 285 g/mol. The van der Waals surface area contributed by atoms with Crippen LogP contribution in [0.25, 0.3) is 0 Å². The zero-order valence-corrected chi connectivity index (χ0v) is 12.9. The summed E-state index contributed by atoms with van der Waals surface area (Å²) in [7, 11) is 3.44. The van der Waals surface area contributed by atoms with E-state index < -0.39 is 6.04 Å². The SMILES string of the molecule is CNC(CCCCNC(=O)CC(NC)C(C)=O)C(C)=O. The molecule has 0 aromatic heterocycles. The van der Waals surface area contributed by atoms with Gasteiger partial charge in [0.1, 0.15) is 11.6 Å². The van der Waals surface area contributed by atoms with E-state index in [1.807, 2.05) is 0 Å². The topological polar surface area (TPSA) is 87.3 Å². The van der Waals surface area contributed by atoms with E-state index in [1.54, 1.807) is 21.0 Å². The third kappa shape index (κ3) is 8.01. The van der Waals surface area contributed by atoms with Gasteiger partial charge in [-0.25, -0.2) is 0 Å². The van der Waals surface area contributed by atoms with Gasteiger partial charge in [-0.1, -0.05) is 0 Å². The minimum absolute atomic E-state index is 0.0408. The summed E-state index contributed by atoms with van der Waals surface area (Å²) in [5.41, 5.74) is 0. The number of nitrogens with one attached hydrogen (secondary N) is 3. The molecule has 0 bridgehead atoms. The van der Waals surface area contributed by atoms with Gasteiger partial charge in [0.15, 0.2) is 0 Å². The molecule has 0 heterocycles. The number of hydrogen-bond donors (Lipinski definition) is 3. The zero-order chi connectivity index (χ0) is 15.5. The van der Waals surface area contributed by atoms with Crippen molar-refractivity contribution in [3.63, 3.8) is 0 Å². The molecule has 0 radical (unpaired) electrons. The maximum absolute atomic E-state index is 11.6. The van der Waals surface area contributed by atoms with Crippen molar-refractivity contribution in [3.05, 3.63) is 0 Å². The van der Waals surface area contributed by atoms with E-state index in [2.05, 4.69) is 16.0 Å². The lowest BCUT2D eigenvalue weighted by Gasteiger charge is -2.14. The van der Waals surface area contributed by atoms with Crippen molar-refractivity contribution in [2.45, 2.75) is 51.6 Å². The fourth-order valence-electron chi connectivity index (χ4n) is 1.96. The highest BCUT2D eigenvalue weighted by Crippen LogP contribution is 2.01. The molecule has 20 heavy (non-hydrogen) atoms. The molecule has 0 aliphatic heterocycles. The molecule has 0 saturated carbocycles. The lowest BCUT2D eigenvalue weighted by atomic mass is 10.1. The third-order valence-corrected chi connectivity index (χ3v) is 3.31. The Hall–Kier alpha value is -1.27. The van der Waals surface area contributed by atoms with E-state index in [9.17, 15) is 14.4 Å². The van der Waals surface area contributed by atoms with Crippen LogP contribution in [0.1, 0.15) is 39.5 Å². The largest absolute Gasteiger partial charge is 0.356 e. The first kappa shape index (κ1) is 18.7. The molecule has 1 amide bonds. The van der Waals surface area contributed by atoms with Crippen LogP contribution in [-0.4, -0.2) is 50.2 Å². The molecular weight excluding hydrogens is 258 g/mol. The minimum atomic E-state index is -0.415. The van der Waals surface area contributed by atoms with Gasteiger partial charge in [-0.2, -0.15) is 0 Å². The van der Waals surface area contributed by atoms with E-state index in [0.29, 0.717) is 6.54 Å². The maximum atomic E-state index is 11.6. The number of Topliss-reactive ketones (excluding diaryl/α,β-unsaturated/α-hetero) is 2. The molecule has 6 heteroatoms. The van der Waals surface area contributed by atoms with Gasteiger partial charge >= 0.3 is 0 Å². The van der Waals surface area contributed by atoms with Crippen LogP contribution in [0.3, 0.4) is 0 Å². The smallest absolute Gasteiger partial charge is 0.222 e. The Morgan fingerprint density at radius 2 is 1.45 bits per heavy atom. The quantitative estimate of drug-likeness (QED) is 0.466. The van der Waals surface area contributed by atoms with Gasteiger partial charge in [0.2, 0.25) is 5.91 Å². The normalized spacial score (nSPS) is 13.6. The Bertz CT molecular complexity index is 332. The number of unbranched alkanes of at least 4 members (excludes halogenated alkanes) is 1. The molecule has 0 saturated heterocycles. The van der Waals surface area contributed by atoms with Crippen molar-refractivity contribution in [2.24, 2.45) is 0 Å². The second kappa shape index (κ2) is 10.5. The van der Waals surface area contributed by atoms with Crippen molar-refractivity contribution in [3.8, 4) is 0 Å². The molecule has 0 spiro atoms. The van der Waals surface area contributed by atoms with Gasteiger partial charge in [0, 0.05) is 13.0 Å². The van der Waals surface area contributed by atoms with Crippen molar-refractivity contribution in [1.29, 1.82) is 0 Å². The lowest BCUT2D eigenvalue weighted by Crippen LogP contribution is -2.38. The van der Waals surface area contributed by atoms with Crippen LogP contribution in [0.15, 0.2) is 0 Å². The molecule has 0 aliphatic carbocycles. The Morgan fingerprint density at radius 3 is 1.90 bits per heavy atom. The molecule has 6 nitrogen and oxygen atoms in total. The maximum Gasteiger partial charge on any atom is 0.222 e. The summed E-state index contributed by atoms with van der Waals surface area (Å²) in [5, 5.41) is 8.56. The predicted molar refractivity (Wildman–Crippen MR) is 78.5 cm³/mol. The van der Waals surface area contributed by atoms with Crippen molar-refractivity contribution < 1.29 is 14.4 Å². The Balaban J connectivity index is 3.77. The van der Waals surface area contributed by atoms with Gasteiger partial charge < -0.3 is 16.0 Å². The number of hydrogen-bond acceptors (Lipinski definition) is 5. The van der Waals surface area contributed by atoms with Crippen LogP contribution in [0, 0.1) is 0 Å². The summed E-state index contributed by atoms with van der Waals surface area (Å²) in [6, 6.07) is -0.515. The van der Waals surface area contributed by atoms with Gasteiger partial charge in [0.05, 0.1) is 12.1 Å². The molecule has 0 aliphatic rings. The van der Waals surface area contributed by atoms with Crippen LogP contribution in [0.4, 0.5) is 0 Å². The molecule has 0 aromatic rings. The first-order valence-corrected chi connectivity index (χ1v) is 7.04. The highest BCUT2D eigenvalue weighted by atomic mass is 16.2. The molecule has 0 rings (SSSR count). The van der Waals surface area contributed by atoms with Gasteiger partial charge in [0.25, 0.3) is 0 Å². The van der Waals surface area contributed by atoms with E-state index in [0.717, 1.165) is 19.3 Å². The van der Waals surface area contributed by atoms with Crippen LogP contribution < -0.4 is 16.0 Å². The molecular formula is C14H27N3O3. The number of amides is 1. The van der Waals surface area contributed by atoms with Gasteiger partial charge in [-0.05, 0) is 47.2 Å². The average Bonchev–Trinajstić information content (AvgIpc) is 2.39. The van der Waals surface area contributed by atoms with Crippen molar-refractivity contribution >= 4 is 17.5 Å². The molecule has 2 atom stereocenters. The number of likely N-dealkylation sites (N-methyl/N-ethyl adjacent to an activating group) is 2. The number of carbonyl (C=O) groups excluding carboxylic acids is 3. The molecule has 116 valence electrons. The van der Waals surface area contributed by atoms with Crippen LogP contribution in [-0.2, 0) is 14.4 Å². The second-order valence-corrected chi connectivity index (χ2v) is 4.95. The Kier molecular flexibility index (Phi) is 9.84. The van der Waals surface area contributed by atoms with Crippen LogP contribution in [0.5, 0.6) is 0 Å². The number of carbonyl (C=O) groups is 3. The first-order valence-electron chi connectivity index (χ1n) is 7.04. The highest BCUT2D eigenvalue weighted by molar-refractivity contribution is 5.88. The molecule has 2 unspecified atom stereocenters. The van der Waals surface area contributed by atoms with E-state index in [4.69, 9.17) is 0 Å². The Morgan fingerprint density at radius 1 is 0.900 bits per heavy atom. The van der Waals surface area contributed by atoms with Gasteiger partial charge in [-0.15, -0.1) is 0 Å². The second-order valence-electron chi connectivity index (χ2n) is 4.95. The summed E-state index contributed by atoms with van der Waals surface area (Å²) in [6.07, 6.45) is 2.63. The van der Waals surface area contributed by atoms with Crippen molar-refractivity contribution in [1.82, 2.24) is 16.0 Å². The summed E-state index contributed by atoms with van der Waals surface area (Å²) >= 11 is 0. The van der Waals surface area contributed by atoms with Gasteiger partial charge in [-0.3, -0.25) is 14.4 Å². The molecule has 0 aromatic carbocycles. The standard InChI is InChI=1S/C14H27N3O3/c1-10(18)12(15-3)7-5-6-8-17-14(20)9-13(16-4)11(2)19/h12-13,15-16H,5-9H2,1-4H3,(H,17,20). The summed E-state index contributed by atoms with van der Waals surface area (Å²) in [4.78, 5) is 34.0. The molecule has 0 fully saturated rings. The summed E-state index contributed by atoms with van der Waals surface area (Å²) in [6.45, 7) is 3.61. The molecule has 3 N–H and O–H groups in total. The van der Waals surface area contributed by atoms with Crippen LogP contribution in [0.2, 0.25) is 0 Å². The third-order valence-electron chi connectivity index (χ3n) is 3.31. The van der Waals surface area contributed by atoms with E-state index >= 15 is 0 Å². The minimum Gasteiger partial charge on any atom is -0.356 e. The highest BCUT2D eigenvalue weighted by Gasteiger charge is 2.15. The van der Waals surface area contributed by atoms with E-state index in [-0.39, 0.29) is 29.9 Å². The number of rotatable bonds is 11. The fourth-order valence-corrected chi connectivity index (χ4v) is 1.96. The Labute approximate surface area is 121 Å². The summed E-state index contributed by atoms with van der Waals surface area (Å²) in [5.74, 6) is -0.0351. The van der Waals surface area contributed by atoms with Crippen LogP contribution >= 0.6 is 0 Å². The number of ketones is 2. The van der Waals surface area contributed by atoms with E-state index in [1.165, 1.54) is 6.92 Å². The fraction of sp³-hybridized carbons (Fsp3) is 0.786. The summed E-state index contributed by atoms with van der Waals surface area (Å²) < 4.78 is 0. The first-order chi connectivity index (χ1) is 9.42.